The average molecular weight is 342 g/mol. The molecule has 0 saturated carbocycles. The van der Waals surface area contributed by atoms with E-state index in [-0.39, 0.29) is 0 Å². The largest absolute Gasteiger partial charge is 0.372 e. The topological polar surface area (TPSA) is 48.7 Å². The minimum absolute atomic E-state index is 0.644. The molecule has 1 aliphatic carbocycles. The molecular formula is C17H16BrN3. The van der Waals surface area contributed by atoms with Gasteiger partial charge in [-0.25, -0.2) is 4.98 Å². The Balaban J connectivity index is 2.36. The fourth-order valence-corrected chi connectivity index (χ4v) is 3.48. The Hall–Kier alpha value is -1.86. The molecule has 3 rings (SSSR count). The van der Waals surface area contributed by atoms with Crippen LogP contribution in [-0.4, -0.2) is 12.0 Å². The molecule has 21 heavy (non-hydrogen) atoms. The van der Waals surface area contributed by atoms with Gasteiger partial charge in [0.1, 0.15) is 17.5 Å². The van der Waals surface area contributed by atoms with Gasteiger partial charge in [-0.15, -0.1) is 0 Å². The van der Waals surface area contributed by atoms with Crippen LogP contribution in [0.1, 0.15) is 29.7 Å². The van der Waals surface area contributed by atoms with Crippen molar-refractivity contribution in [3.63, 3.8) is 0 Å². The summed E-state index contributed by atoms with van der Waals surface area (Å²) in [5, 5.41) is 12.7. The SMILES string of the molecule is CNc1nc2c(c(-c3ccccc3Br)c1C#N)CCCC2. The number of aromatic nitrogens is 1. The van der Waals surface area contributed by atoms with Crippen LogP contribution in [0.3, 0.4) is 0 Å². The van der Waals surface area contributed by atoms with E-state index in [4.69, 9.17) is 0 Å². The van der Waals surface area contributed by atoms with Gasteiger partial charge in [-0.1, -0.05) is 34.1 Å². The molecule has 1 N–H and O–H groups in total. The smallest absolute Gasteiger partial charge is 0.144 e. The van der Waals surface area contributed by atoms with Crippen molar-refractivity contribution < 1.29 is 0 Å². The highest BCUT2D eigenvalue weighted by molar-refractivity contribution is 9.10. The van der Waals surface area contributed by atoms with Crippen LogP contribution in [0, 0.1) is 11.3 Å². The van der Waals surface area contributed by atoms with Crippen LogP contribution >= 0.6 is 15.9 Å². The molecule has 1 aromatic carbocycles. The van der Waals surface area contributed by atoms with E-state index < -0.39 is 0 Å². The predicted octanol–water partition coefficient (Wildman–Crippen LogP) is 4.30. The Kier molecular flexibility index (Phi) is 3.94. The number of aryl methyl sites for hydroxylation is 1. The van der Waals surface area contributed by atoms with Gasteiger partial charge in [0.25, 0.3) is 0 Å². The van der Waals surface area contributed by atoms with E-state index in [1.807, 2.05) is 25.2 Å². The number of nitriles is 1. The molecule has 0 radical (unpaired) electrons. The Labute approximate surface area is 133 Å². The Morgan fingerprint density at radius 3 is 2.71 bits per heavy atom. The van der Waals surface area contributed by atoms with E-state index in [0.29, 0.717) is 11.4 Å². The molecule has 0 spiro atoms. The first-order chi connectivity index (χ1) is 10.3. The first-order valence-corrected chi connectivity index (χ1v) is 7.94. The van der Waals surface area contributed by atoms with Crippen LogP contribution in [0.25, 0.3) is 11.1 Å². The number of fused-ring (bicyclic) bond motifs is 1. The summed E-state index contributed by atoms with van der Waals surface area (Å²) in [5.41, 5.74) is 5.13. The van der Waals surface area contributed by atoms with Gasteiger partial charge in [0.15, 0.2) is 0 Å². The zero-order valence-electron chi connectivity index (χ0n) is 11.9. The standard InChI is InChI=1S/C17H16BrN3/c1-20-17-13(10-19)16(11-6-2-4-8-14(11)18)12-7-3-5-9-15(12)21-17/h2,4,6,8H,3,5,7,9H2,1H3,(H,20,21). The van der Waals surface area contributed by atoms with Crippen LogP contribution in [0.15, 0.2) is 28.7 Å². The summed E-state index contributed by atoms with van der Waals surface area (Å²) in [4.78, 5) is 4.67. The first kappa shape index (κ1) is 14.1. The number of pyridine rings is 1. The van der Waals surface area contributed by atoms with Crippen molar-refractivity contribution in [3.05, 3.63) is 45.6 Å². The van der Waals surface area contributed by atoms with Gasteiger partial charge >= 0.3 is 0 Å². The van der Waals surface area contributed by atoms with E-state index in [1.165, 1.54) is 12.0 Å². The van der Waals surface area contributed by atoms with Gasteiger partial charge in [0, 0.05) is 22.8 Å². The second-order valence-corrected chi connectivity index (χ2v) is 6.04. The molecule has 0 fully saturated rings. The third-order valence-electron chi connectivity index (χ3n) is 3.97. The van der Waals surface area contributed by atoms with E-state index in [0.717, 1.165) is 40.6 Å². The summed E-state index contributed by atoms with van der Waals surface area (Å²) in [6.07, 6.45) is 4.32. The third kappa shape index (κ3) is 2.43. The number of nitrogens with one attached hydrogen (secondary N) is 1. The molecular weight excluding hydrogens is 326 g/mol. The number of nitrogens with zero attached hydrogens (tertiary/aromatic N) is 2. The monoisotopic (exact) mass is 341 g/mol. The van der Waals surface area contributed by atoms with Crippen LogP contribution in [-0.2, 0) is 12.8 Å². The van der Waals surface area contributed by atoms with Crippen LogP contribution in [0.5, 0.6) is 0 Å². The minimum Gasteiger partial charge on any atom is -0.372 e. The highest BCUT2D eigenvalue weighted by atomic mass is 79.9. The number of hydrogen-bond acceptors (Lipinski definition) is 3. The lowest BCUT2D eigenvalue weighted by atomic mass is 9.86. The van der Waals surface area contributed by atoms with Crippen molar-refractivity contribution in [2.45, 2.75) is 25.7 Å². The zero-order valence-corrected chi connectivity index (χ0v) is 13.5. The maximum atomic E-state index is 9.64. The molecule has 4 heteroatoms. The molecule has 0 unspecified atom stereocenters. The fourth-order valence-electron chi connectivity index (χ4n) is 2.99. The lowest BCUT2D eigenvalue weighted by molar-refractivity contribution is 0.669. The molecule has 106 valence electrons. The number of benzene rings is 1. The predicted molar refractivity (Wildman–Crippen MR) is 88.3 cm³/mol. The molecule has 0 atom stereocenters. The molecule has 1 heterocycles. The van der Waals surface area contributed by atoms with Gasteiger partial charge in [-0.3, -0.25) is 0 Å². The van der Waals surface area contributed by atoms with Crippen molar-refractivity contribution >= 4 is 21.7 Å². The molecule has 1 aromatic heterocycles. The van der Waals surface area contributed by atoms with Crippen molar-refractivity contribution in [3.8, 4) is 17.2 Å². The maximum absolute atomic E-state index is 9.64. The summed E-state index contributed by atoms with van der Waals surface area (Å²) in [5.74, 6) is 0.684. The summed E-state index contributed by atoms with van der Waals surface area (Å²) in [7, 11) is 1.82. The maximum Gasteiger partial charge on any atom is 0.144 e. The highest BCUT2D eigenvalue weighted by Gasteiger charge is 2.23. The highest BCUT2D eigenvalue weighted by Crippen LogP contribution is 2.39. The summed E-state index contributed by atoms with van der Waals surface area (Å²) < 4.78 is 1.02. The van der Waals surface area contributed by atoms with Gasteiger partial charge in [-0.05, 0) is 42.9 Å². The number of hydrogen-bond donors (Lipinski definition) is 1. The van der Waals surface area contributed by atoms with E-state index in [9.17, 15) is 5.26 Å². The molecule has 0 saturated heterocycles. The van der Waals surface area contributed by atoms with Crippen LogP contribution in [0.2, 0.25) is 0 Å². The van der Waals surface area contributed by atoms with Crippen molar-refractivity contribution in [2.75, 3.05) is 12.4 Å². The van der Waals surface area contributed by atoms with Gasteiger partial charge in [0.2, 0.25) is 0 Å². The fraction of sp³-hybridized carbons (Fsp3) is 0.294. The van der Waals surface area contributed by atoms with Gasteiger partial charge in [-0.2, -0.15) is 5.26 Å². The van der Waals surface area contributed by atoms with Crippen LogP contribution < -0.4 is 5.32 Å². The van der Waals surface area contributed by atoms with E-state index in [2.05, 4.69) is 38.4 Å². The summed E-state index contributed by atoms with van der Waals surface area (Å²) >= 11 is 3.62. The van der Waals surface area contributed by atoms with Crippen molar-refractivity contribution in [2.24, 2.45) is 0 Å². The van der Waals surface area contributed by atoms with Crippen molar-refractivity contribution in [1.82, 2.24) is 4.98 Å². The lowest BCUT2D eigenvalue weighted by Gasteiger charge is -2.22. The summed E-state index contributed by atoms with van der Waals surface area (Å²) in [6, 6.07) is 10.4. The minimum atomic E-state index is 0.644. The van der Waals surface area contributed by atoms with E-state index in [1.54, 1.807) is 0 Å². The second-order valence-electron chi connectivity index (χ2n) is 5.18. The third-order valence-corrected chi connectivity index (χ3v) is 4.66. The van der Waals surface area contributed by atoms with Gasteiger partial charge < -0.3 is 5.32 Å². The second kappa shape index (κ2) is 5.87. The van der Waals surface area contributed by atoms with Crippen LogP contribution in [0.4, 0.5) is 5.82 Å². The number of rotatable bonds is 2. The quantitative estimate of drug-likeness (QED) is 0.885. The molecule has 0 amide bonds. The van der Waals surface area contributed by atoms with Crippen molar-refractivity contribution in [1.29, 1.82) is 5.26 Å². The normalized spacial score (nSPS) is 13.4. The number of anilines is 1. The first-order valence-electron chi connectivity index (χ1n) is 7.14. The molecule has 2 aromatic rings. The Bertz CT molecular complexity index is 732. The van der Waals surface area contributed by atoms with Gasteiger partial charge in [0.05, 0.1) is 0 Å². The van der Waals surface area contributed by atoms with E-state index >= 15 is 0 Å². The molecule has 3 nitrogen and oxygen atoms in total. The zero-order chi connectivity index (χ0) is 14.8. The number of halogens is 1. The molecule has 0 aliphatic heterocycles. The molecule has 1 aliphatic rings. The Morgan fingerprint density at radius 2 is 2.00 bits per heavy atom. The average Bonchev–Trinajstić information content (AvgIpc) is 2.53. The summed E-state index contributed by atoms with van der Waals surface area (Å²) in [6.45, 7) is 0. The molecule has 0 bridgehead atoms. The lowest BCUT2D eigenvalue weighted by Crippen LogP contribution is -2.12. The Morgan fingerprint density at radius 1 is 1.24 bits per heavy atom.